The van der Waals surface area contributed by atoms with Gasteiger partial charge >= 0.3 is 5.97 Å². The van der Waals surface area contributed by atoms with Gasteiger partial charge in [0.25, 0.3) is 0 Å². The molecule has 100 valence electrons. The Bertz CT molecular complexity index is 679. The number of carbonyl (C=O) groups excluding carboxylic acids is 2. The molecule has 1 aliphatic carbocycles. The van der Waals surface area contributed by atoms with Crippen molar-refractivity contribution in [1.82, 2.24) is 0 Å². The van der Waals surface area contributed by atoms with Crippen LogP contribution in [0, 0.1) is 5.82 Å². The zero-order valence-corrected chi connectivity index (χ0v) is 10.5. The van der Waals surface area contributed by atoms with Crippen molar-refractivity contribution in [2.24, 2.45) is 0 Å². The Balaban J connectivity index is 1.78. The highest BCUT2D eigenvalue weighted by molar-refractivity contribution is 6.05. The van der Waals surface area contributed by atoms with Crippen LogP contribution in [0.4, 0.5) is 4.39 Å². The molecule has 0 saturated heterocycles. The van der Waals surface area contributed by atoms with E-state index in [2.05, 4.69) is 0 Å². The molecule has 0 unspecified atom stereocenters. The van der Waals surface area contributed by atoms with Gasteiger partial charge in [-0.2, -0.15) is 0 Å². The number of hydrogen-bond donors (Lipinski definition) is 0. The lowest BCUT2D eigenvalue weighted by Crippen LogP contribution is -2.24. The first kappa shape index (κ1) is 12.5. The van der Waals surface area contributed by atoms with Crippen molar-refractivity contribution in [3.05, 3.63) is 71.0 Å². The normalized spacial score (nSPS) is 16.9. The fraction of sp³-hybridized carbons (Fsp3) is 0.125. The first-order valence-electron chi connectivity index (χ1n) is 6.24. The summed E-state index contributed by atoms with van der Waals surface area (Å²) in [5, 5.41) is 0. The van der Waals surface area contributed by atoms with E-state index in [9.17, 15) is 14.0 Å². The third-order valence-electron chi connectivity index (χ3n) is 3.29. The Labute approximate surface area is 115 Å². The molecule has 2 aromatic carbocycles. The molecule has 1 aliphatic rings. The number of carbonyl (C=O) groups is 2. The van der Waals surface area contributed by atoms with Crippen molar-refractivity contribution in [2.45, 2.75) is 12.5 Å². The van der Waals surface area contributed by atoms with Gasteiger partial charge in [-0.3, -0.25) is 4.79 Å². The molecule has 0 fully saturated rings. The Morgan fingerprint density at radius 2 is 1.90 bits per heavy atom. The van der Waals surface area contributed by atoms with E-state index < -0.39 is 17.9 Å². The third-order valence-corrected chi connectivity index (χ3v) is 3.29. The smallest absolute Gasteiger partial charge is 0.338 e. The van der Waals surface area contributed by atoms with Crippen LogP contribution >= 0.6 is 0 Å². The molecule has 0 bridgehead atoms. The minimum atomic E-state index is -0.862. The maximum absolute atomic E-state index is 13.1. The van der Waals surface area contributed by atoms with E-state index in [1.54, 1.807) is 30.3 Å². The van der Waals surface area contributed by atoms with E-state index in [1.807, 2.05) is 0 Å². The molecular weight excluding hydrogens is 259 g/mol. The molecule has 1 atom stereocenters. The Hall–Kier alpha value is -2.49. The van der Waals surface area contributed by atoms with Gasteiger partial charge in [0.2, 0.25) is 5.78 Å². The quantitative estimate of drug-likeness (QED) is 0.788. The van der Waals surface area contributed by atoms with Gasteiger partial charge in [-0.25, -0.2) is 9.18 Å². The van der Waals surface area contributed by atoms with Gasteiger partial charge < -0.3 is 4.74 Å². The number of rotatable bonds is 2. The van der Waals surface area contributed by atoms with E-state index in [0.717, 1.165) is 0 Å². The second-order valence-electron chi connectivity index (χ2n) is 4.63. The highest BCUT2D eigenvalue weighted by atomic mass is 19.1. The fourth-order valence-electron chi connectivity index (χ4n) is 2.30. The lowest BCUT2D eigenvalue weighted by Gasteiger charge is -2.10. The predicted octanol–water partition coefficient (Wildman–Crippen LogP) is 2.79. The molecule has 0 amide bonds. The van der Waals surface area contributed by atoms with Gasteiger partial charge in [-0.05, 0) is 35.9 Å². The third kappa shape index (κ3) is 2.20. The average Bonchev–Trinajstić information content (AvgIpc) is 2.75. The fourth-order valence-corrected chi connectivity index (χ4v) is 2.30. The number of Topliss-reactive ketones (excluding diaryl/α,β-unsaturated/α-hetero) is 1. The first-order chi connectivity index (χ1) is 9.65. The summed E-state index contributed by atoms with van der Waals surface area (Å²) in [4.78, 5) is 24.0. The maximum Gasteiger partial charge on any atom is 0.338 e. The lowest BCUT2D eigenvalue weighted by atomic mass is 10.1. The molecule has 20 heavy (non-hydrogen) atoms. The van der Waals surface area contributed by atoms with E-state index >= 15 is 0 Å². The summed E-state index contributed by atoms with van der Waals surface area (Å²) >= 11 is 0. The van der Waals surface area contributed by atoms with Crippen LogP contribution in [0.15, 0.2) is 48.5 Å². The Kier molecular flexibility index (Phi) is 3.06. The molecule has 3 nitrogen and oxygen atoms in total. The molecule has 0 spiro atoms. The molecule has 0 aliphatic heterocycles. The van der Waals surface area contributed by atoms with Crippen molar-refractivity contribution < 1.29 is 18.7 Å². The number of ketones is 1. The molecule has 4 heteroatoms. The largest absolute Gasteiger partial charge is 0.450 e. The highest BCUT2D eigenvalue weighted by Crippen LogP contribution is 2.25. The zero-order chi connectivity index (χ0) is 14.1. The zero-order valence-electron chi connectivity index (χ0n) is 10.5. The summed E-state index contributed by atoms with van der Waals surface area (Å²) in [6.07, 6.45) is -0.635. The summed E-state index contributed by atoms with van der Waals surface area (Å²) in [5.41, 5.74) is 1.40. The van der Waals surface area contributed by atoms with Gasteiger partial charge in [0.15, 0.2) is 6.10 Å². The molecule has 2 aromatic rings. The minimum Gasteiger partial charge on any atom is -0.450 e. The summed E-state index contributed by atoms with van der Waals surface area (Å²) in [6.45, 7) is 0. The highest BCUT2D eigenvalue weighted by Gasteiger charge is 2.33. The van der Waals surface area contributed by atoms with Gasteiger partial charge in [0, 0.05) is 12.0 Å². The number of esters is 1. The summed E-state index contributed by atoms with van der Waals surface area (Å²) in [5.74, 6) is -1.21. The van der Waals surface area contributed by atoms with Crippen LogP contribution in [0.3, 0.4) is 0 Å². The monoisotopic (exact) mass is 270 g/mol. The van der Waals surface area contributed by atoms with Crippen LogP contribution < -0.4 is 0 Å². The van der Waals surface area contributed by atoms with Crippen LogP contribution in [0.5, 0.6) is 0 Å². The number of benzene rings is 2. The average molecular weight is 270 g/mol. The molecule has 0 heterocycles. The predicted molar refractivity (Wildman–Crippen MR) is 70.1 cm³/mol. The van der Waals surface area contributed by atoms with Gasteiger partial charge in [-0.1, -0.05) is 18.2 Å². The van der Waals surface area contributed by atoms with Crippen LogP contribution in [0.2, 0.25) is 0 Å². The summed E-state index contributed by atoms with van der Waals surface area (Å²) < 4.78 is 18.3. The summed E-state index contributed by atoms with van der Waals surface area (Å²) in [7, 11) is 0. The van der Waals surface area contributed by atoms with E-state index in [0.29, 0.717) is 16.7 Å². The minimum absolute atomic E-state index is 0.227. The topological polar surface area (TPSA) is 43.4 Å². The van der Waals surface area contributed by atoms with Gasteiger partial charge in [0.1, 0.15) is 5.82 Å². The molecule has 3 rings (SSSR count). The van der Waals surface area contributed by atoms with Crippen molar-refractivity contribution in [1.29, 1.82) is 0 Å². The number of fused-ring (bicyclic) bond motifs is 1. The number of hydrogen-bond acceptors (Lipinski definition) is 3. The standard InChI is InChI=1S/C16H11FO3/c17-12-6-7-13-11(8-12)9-14(15(13)18)20-16(19)10-4-2-1-3-5-10/h1-8,14H,9H2/t14-/m1/s1. The van der Waals surface area contributed by atoms with E-state index in [1.165, 1.54) is 18.2 Å². The first-order valence-corrected chi connectivity index (χ1v) is 6.24. The van der Waals surface area contributed by atoms with Crippen molar-refractivity contribution in [3.63, 3.8) is 0 Å². The Morgan fingerprint density at radius 3 is 2.65 bits per heavy atom. The van der Waals surface area contributed by atoms with E-state index in [4.69, 9.17) is 4.74 Å². The molecule has 0 aromatic heterocycles. The van der Waals surface area contributed by atoms with Crippen LogP contribution in [0.25, 0.3) is 0 Å². The van der Waals surface area contributed by atoms with Crippen molar-refractivity contribution in [3.8, 4) is 0 Å². The molecule has 0 saturated carbocycles. The lowest BCUT2D eigenvalue weighted by molar-refractivity contribution is 0.0304. The summed E-state index contributed by atoms with van der Waals surface area (Å²) in [6, 6.07) is 12.4. The molecule has 0 radical (unpaired) electrons. The van der Waals surface area contributed by atoms with Gasteiger partial charge in [-0.15, -0.1) is 0 Å². The van der Waals surface area contributed by atoms with Crippen LogP contribution in [-0.2, 0) is 11.2 Å². The second-order valence-corrected chi connectivity index (χ2v) is 4.63. The molecular formula is C16H11FO3. The number of halogens is 1. The van der Waals surface area contributed by atoms with Gasteiger partial charge in [0.05, 0.1) is 5.56 Å². The Morgan fingerprint density at radius 1 is 1.15 bits per heavy atom. The second kappa shape index (κ2) is 4.89. The van der Waals surface area contributed by atoms with E-state index in [-0.39, 0.29) is 12.2 Å². The number of ether oxygens (including phenoxy) is 1. The van der Waals surface area contributed by atoms with Crippen LogP contribution in [-0.4, -0.2) is 17.9 Å². The van der Waals surface area contributed by atoms with Crippen LogP contribution in [0.1, 0.15) is 26.3 Å². The maximum atomic E-state index is 13.1. The SMILES string of the molecule is O=C(O[C@@H]1Cc2cc(F)ccc2C1=O)c1ccccc1. The molecule has 0 N–H and O–H groups in total. The van der Waals surface area contributed by atoms with Crippen molar-refractivity contribution in [2.75, 3.05) is 0 Å². The van der Waals surface area contributed by atoms with Crippen molar-refractivity contribution >= 4 is 11.8 Å².